The van der Waals surface area contributed by atoms with Gasteiger partial charge in [-0.1, -0.05) is 0 Å². The van der Waals surface area contributed by atoms with Crippen molar-refractivity contribution in [1.29, 1.82) is 0 Å². The molecule has 0 atom stereocenters. The molecule has 0 aromatic rings. The van der Waals surface area contributed by atoms with Gasteiger partial charge in [-0.25, -0.2) is 0 Å². The average molecular weight is 258 g/mol. The molecule has 104 valence electrons. The zero-order valence-electron chi connectivity index (χ0n) is 11.1. The van der Waals surface area contributed by atoms with Crippen LogP contribution in [0.2, 0.25) is 0 Å². The van der Waals surface area contributed by atoms with Gasteiger partial charge in [0.15, 0.2) is 0 Å². The van der Waals surface area contributed by atoms with Gasteiger partial charge in [0.1, 0.15) is 6.54 Å². The Bertz CT molecular complexity index is 279. The Balaban J connectivity index is 2.35. The molecule has 6 nitrogen and oxygen atoms in total. The molecule has 0 saturated heterocycles. The highest BCUT2D eigenvalue weighted by Gasteiger charge is 2.23. The lowest BCUT2D eigenvalue weighted by Gasteiger charge is -2.21. The normalized spacial score (nSPS) is 14.3. The van der Waals surface area contributed by atoms with E-state index in [1.165, 1.54) is 4.90 Å². The number of nitrogens with one attached hydrogen (secondary N) is 1. The van der Waals surface area contributed by atoms with Crippen LogP contribution >= 0.6 is 0 Å². The van der Waals surface area contributed by atoms with Crippen molar-refractivity contribution >= 4 is 11.9 Å². The van der Waals surface area contributed by atoms with Crippen molar-refractivity contribution in [3.63, 3.8) is 0 Å². The first-order valence-electron chi connectivity index (χ1n) is 6.33. The Kier molecular flexibility index (Phi) is 6.67. The highest BCUT2D eigenvalue weighted by atomic mass is 16.5. The second-order valence-electron chi connectivity index (χ2n) is 4.27. The number of hydrogen-bond acceptors (Lipinski definition) is 5. The van der Waals surface area contributed by atoms with E-state index < -0.39 is 0 Å². The summed E-state index contributed by atoms with van der Waals surface area (Å²) in [5.41, 5.74) is 0. The first-order valence-corrected chi connectivity index (χ1v) is 6.33. The van der Waals surface area contributed by atoms with Crippen molar-refractivity contribution in [1.82, 2.24) is 10.2 Å². The number of methoxy groups -OCH3 is 1. The van der Waals surface area contributed by atoms with Crippen LogP contribution in [0, 0.1) is 0 Å². The Labute approximate surface area is 108 Å². The van der Waals surface area contributed by atoms with Gasteiger partial charge in [-0.2, -0.15) is 0 Å². The standard InChI is InChI=1S/C12H22N2O4/c1-3-18-12(16)9-14(6-7-17-2)11(15)8-13-10-4-5-10/h10,13H,3-9H2,1-2H3. The van der Waals surface area contributed by atoms with Crippen LogP contribution in [-0.2, 0) is 19.1 Å². The van der Waals surface area contributed by atoms with E-state index in [0.717, 1.165) is 12.8 Å². The summed E-state index contributed by atoms with van der Waals surface area (Å²) in [5, 5.41) is 3.13. The van der Waals surface area contributed by atoms with E-state index in [1.807, 2.05) is 0 Å². The van der Waals surface area contributed by atoms with Crippen molar-refractivity contribution in [2.45, 2.75) is 25.8 Å². The van der Waals surface area contributed by atoms with Gasteiger partial charge in [-0.05, 0) is 19.8 Å². The maximum atomic E-state index is 11.9. The maximum absolute atomic E-state index is 11.9. The average Bonchev–Trinajstić information content (AvgIpc) is 3.15. The number of hydrogen-bond donors (Lipinski definition) is 1. The van der Waals surface area contributed by atoms with Crippen molar-refractivity contribution < 1.29 is 19.1 Å². The van der Waals surface area contributed by atoms with Crippen molar-refractivity contribution in [3.8, 4) is 0 Å². The van der Waals surface area contributed by atoms with E-state index in [-0.39, 0.29) is 25.0 Å². The minimum absolute atomic E-state index is 0.0115. The van der Waals surface area contributed by atoms with Gasteiger partial charge in [-0.15, -0.1) is 0 Å². The van der Waals surface area contributed by atoms with E-state index in [9.17, 15) is 9.59 Å². The minimum Gasteiger partial charge on any atom is -0.465 e. The topological polar surface area (TPSA) is 67.9 Å². The molecule has 0 spiro atoms. The number of nitrogens with zero attached hydrogens (tertiary/aromatic N) is 1. The summed E-state index contributed by atoms with van der Waals surface area (Å²) >= 11 is 0. The summed E-state index contributed by atoms with van der Waals surface area (Å²) < 4.78 is 9.78. The van der Waals surface area contributed by atoms with Crippen LogP contribution < -0.4 is 5.32 Å². The Morgan fingerprint density at radius 2 is 2.11 bits per heavy atom. The van der Waals surface area contributed by atoms with E-state index in [4.69, 9.17) is 9.47 Å². The van der Waals surface area contributed by atoms with Gasteiger partial charge in [-0.3, -0.25) is 9.59 Å². The fraction of sp³-hybridized carbons (Fsp3) is 0.833. The van der Waals surface area contributed by atoms with Crippen LogP contribution in [0.5, 0.6) is 0 Å². The third-order valence-electron chi connectivity index (χ3n) is 2.66. The van der Waals surface area contributed by atoms with E-state index in [0.29, 0.717) is 25.8 Å². The fourth-order valence-corrected chi connectivity index (χ4v) is 1.49. The van der Waals surface area contributed by atoms with Crippen LogP contribution in [0.25, 0.3) is 0 Å². The molecule has 1 amide bonds. The second kappa shape index (κ2) is 8.05. The highest BCUT2D eigenvalue weighted by molar-refractivity contribution is 5.83. The van der Waals surface area contributed by atoms with Crippen molar-refractivity contribution in [2.75, 3.05) is 40.0 Å². The SMILES string of the molecule is CCOC(=O)CN(CCOC)C(=O)CNC1CC1. The quantitative estimate of drug-likeness (QED) is 0.579. The molecule has 0 bridgehead atoms. The molecule has 0 unspecified atom stereocenters. The molecule has 1 rings (SSSR count). The van der Waals surface area contributed by atoms with Crippen LogP contribution in [0.15, 0.2) is 0 Å². The van der Waals surface area contributed by atoms with Crippen molar-refractivity contribution in [2.24, 2.45) is 0 Å². The lowest BCUT2D eigenvalue weighted by molar-refractivity contribution is -0.149. The molecule has 0 aromatic heterocycles. The molecule has 6 heteroatoms. The number of carbonyl (C=O) groups is 2. The second-order valence-corrected chi connectivity index (χ2v) is 4.27. The molecule has 1 fully saturated rings. The van der Waals surface area contributed by atoms with Crippen LogP contribution in [0.4, 0.5) is 0 Å². The van der Waals surface area contributed by atoms with Gasteiger partial charge in [0.05, 0.1) is 19.8 Å². The van der Waals surface area contributed by atoms with Gasteiger partial charge in [0, 0.05) is 19.7 Å². The Morgan fingerprint density at radius 3 is 2.67 bits per heavy atom. The molecule has 0 radical (unpaired) electrons. The Morgan fingerprint density at radius 1 is 1.39 bits per heavy atom. The van der Waals surface area contributed by atoms with Crippen LogP contribution in [-0.4, -0.2) is 62.8 Å². The van der Waals surface area contributed by atoms with Gasteiger partial charge < -0.3 is 19.7 Å². The molecule has 1 aliphatic rings. The maximum Gasteiger partial charge on any atom is 0.325 e. The number of esters is 1. The molecule has 0 aliphatic heterocycles. The molecule has 1 saturated carbocycles. The molecule has 1 N–H and O–H groups in total. The Hall–Kier alpha value is -1.14. The van der Waals surface area contributed by atoms with Gasteiger partial charge in [0.25, 0.3) is 0 Å². The summed E-state index contributed by atoms with van der Waals surface area (Å²) in [6, 6.07) is 0.473. The zero-order valence-corrected chi connectivity index (χ0v) is 11.1. The summed E-state index contributed by atoms with van der Waals surface area (Å²) in [4.78, 5) is 24.8. The van der Waals surface area contributed by atoms with E-state index in [1.54, 1.807) is 14.0 Å². The fourth-order valence-electron chi connectivity index (χ4n) is 1.49. The predicted molar refractivity (Wildman–Crippen MR) is 66.1 cm³/mol. The largest absolute Gasteiger partial charge is 0.465 e. The minimum atomic E-state index is -0.381. The molecule has 0 heterocycles. The summed E-state index contributed by atoms with van der Waals surface area (Å²) in [7, 11) is 1.56. The lowest BCUT2D eigenvalue weighted by atomic mass is 10.4. The molecular formula is C12H22N2O4. The molecular weight excluding hydrogens is 236 g/mol. The van der Waals surface area contributed by atoms with Gasteiger partial charge >= 0.3 is 5.97 Å². The summed E-state index contributed by atoms with van der Waals surface area (Å²) in [6.07, 6.45) is 2.26. The number of ether oxygens (including phenoxy) is 2. The third kappa shape index (κ3) is 5.97. The molecule has 18 heavy (non-hydrogen) atoms. The summed E-state index contributed by atoms with van der Waals surface area (Å²) in [6.45, 7) is 3.14. The first-order chi connectivity index (χ1) is 8.67. The third-order valence-corrected chi connectivity index (χ3v) is 2.66. The van der Waals surface area contributed by atoms with Gasteiger partial charge in [0.2, 0.25) is 5.91 Å². The number of amides is 1. The predicted octanol–water partition coefficient (Wildman–Crippen LogP) is -0.223. The summed E-state index contributed by atoms with van der Waals surface area (Å²) in [5.74, 6) is -0.472. The first kappa shape index (κ1) is 14.9. The van der Waals surface area contributed by atoms with Crippen LogP contribution in [0.1, 0.15) is 19.8 Å². The van der Waals surface area contributed by atoms with Crippen molar-refractivity contribution in [3.05, 3.63) is 0 Å². The number of carbonyl (C=O) groups excluding carboxylic acids is 2. The zero-order chi connectivity index (χ0) is 13.4. The molecule has 0 aromatic carbocycles. The monoisotopic (exact) mass is 258 g/mol. The van der Waals surface area contributed by atoms with Crippen LogP contribution in [0.3, 0.4) is 0 Å². The van der Waals surface area contributed by atoms with E-state index in [2.05, 4.69) is 5.32 Å². The lowest BCUT2D eigenvalue weighted by Crippen LogP contribution is -2.43. The number of rotatable bonds is 9. The highest BCUT2D eigenvalue weighted by Crippen LogP contribution is 2.18. The molecule has 1 aliphatic carbocycles. The smallest absolute Gasteiger partial charge is 0.325 e. The van der Waals surface area contributed by atoms with E-state index >= 15 is 0 Å².